The van der Waals surface area contributed by atoms with Crippen LogP contribution in [0.2, 0.25) is 0 Å². The zero-order valence-electron chi connectivity index (χ0n) is 8.95. The van der Waals surface area contributed by atoms with Crippen LogP contribution in [0.4, 0.5) is 11.4 Å². The molecular formula is C11H16N2O2. The molecule has 3 N–H and O–H groups in total. The van der Waals surface area contributed by atoms with Gasteiger partial charge >= 0.3 is 0 Å². The van der Waals surface area contributed by atoms with E-state index >= 15 is 0 Å². The first-order chi connectivity index (χ1) is 7.09. The topological polar surface area (TPSA) is 61.4 Å². The summed E-state index contributed by atoms with van der Waals surface area (Å²) in [4.78, 5) is 10.9. The van der Waals surface area contributed by atoms with Crippen molar-refractivity contribution in [1.82, 2.24) is 0 Å². The normalized spacial score (nSPS) is 13.2. The molecule has 82 valence electrons. The number of aliphatic hydroxyl groups excluding tert-OH is 1. The summed E-state index contributed by atoms with van der Waals surface area (Å²) in [7, 11) is 0. The maximum Gasteiger partial charge on any atom is 0.243 e. The first-order valence-electron chi connectivity index (χ1n) is 4.90. The quantitative estimate of drug-likeness (QED) is 0.604. The summed E-state index contributed by atoms with van der Waals surface area (Å²) >= 11 is 0. The molecule has 4 heteroatoms. The van der Waals surface area contributed by atoms with Gasteiger partial charge in [0, 0.05) is 6.10 Å². The first-order valence-corrected chi connectivity index (χ1v) is 4.90. The Hall–Kier alpha value is -1.55. The monoisotopic (exact) mass is 208 g/mol. The van der Waals surface area contributed by atoms with Crippen molar-refractivity contribution < 1.29 is 9.90 Å². The van der Waals surface area contributed by atoms with E-state index in [4.69, 9.17) is 5.11 Å². The zero-order chi connectivity index (χ0) is 11.3. The Labute approximate surface area is 89.3 Å². The van der Waals surface area contributed by atoms with Crippen LogP contribution in [-0.2, 0) is 4.79 Å². The van der Waals surface area contributed by atoms with Gasteiger partial charge in [-0.15, -0.1) is 0 Å². The Kier molecular flexibility index (Phi) is 4.12. The second kappa shape index (κ2) is 5.36. The first kappa shape index (κ1) is 11.5. The van der Waals surface area contributed by atoms with Crippen LogP contribution in [0.1, 0.15) is 13.8 Å². The molecular weight excluding hydrogens is 192 g/mol. The standard InChI is InChI=1S/C8H8N2O.C3H8O/c11-8-5-9-6-3-1-2-4-7(6)10-8;1-3(2)4/h1-4,9H,5H2,(H,10,11);3-4H,1-2H3. The van der Waals surface area contributed by atoms with Gasteiger partial charge in [0.25, 0.3) is 0 Å². The van der Waals surface area contributed by atoms with Crippen LogP contribution in [0.5, 0.6) is 0 Å². The summed E-state index contributed by atoms with van der Waals surface area (Å²) in [6.07, 6.45) is -0.167. The Balaban J connectivity index is 0.000000245. The third kappa shape index (κ3) is 3.99. The molecule has 0 saturated heterocycles. The van der Waals surface area contributed by atoms with Crippen molar-refractivity contribution in [2.24, 2.45) is 0 Å². The van der Waals surface area contributed by atoms with Gasteiger partial charge in [-0.3, -0.25) is 4.79 Å². The van der Waals surface area contributed by atoms with E-state index in [9.17, 15) is 4.79 Å². The number of aliphatic hydroxyl groups is 1. The van der Waals surface area contributed by atoms with E-state index in [1.807, 2.05) is 24.3 Å². The van der Waals surface area contributed by atoms with Crippen LogP contribution >= 0.6 is 0 Å². The maximum atomic E-state index is 10.9. The van der Waals surface area contributed by atoms with Gasteiger partial charge in [-0.05, 0) is 26.0 Å². The summed E-state index contributed by atoms with van der Waals surface area (Å²) in [5.74, 6) is 0.0173. The molecule has 15 heavy (non-hydrogen) atoms. The van der Waals surface area contributed by atoms with E-state index in [1.54, 1.807) is 13.8 Å². The van der Waals surface area contributed by atoms with Crippen LogP contribution in [0.15, 0.2) is 24.3 Å². The van der Waals surface area contributed by atoms with Crippen molar-refractivity contribution in [2.45, 2.75) is 20.0 Å². The van der Waals surface area contributed by atoms with Gasteiger partial charge in [-0.2, -0.15) is 0 Å². The third-order valence-corrected chi connectivity index (χ3v) is 1.64. The van der Waals surface area contributed by atoms with Gasteiger partial charge in [-0.1, -0.05) is 12.1 Å². The molecule has 0 bridgehead atoms. The van der Waals surface area contributed by atoms with Crippen LogP contribution in [0, 0.1) is 0 Å². The van der Waals surface area contributed by atoms with Gasteiger partial charge < -0.3 is 15.7 Å². The number of benzene rings is 1. The third-order valence-electron chi connectivity index (χ3n) is 1.64. The summed E-state index contributed by atoms with van der Waals surface area (Å²) in [6, 6.07) is 7.64. The number of carbonyl (C=O) groups is 1. The van der Waals surface area contributed by atoms with E-state index in [2.05, 4.69) is 10.6 Å². The molecule has 1 amide bonds. The highest BCUT2D eigenvalue weighted by Gasteiger charge is 2.11. The van der Waals surface area contributed by atoms with E-state index in [0.717, 1.165) is 11.4 Å². The Morgan fingerprint density at radius 3 is 2.40 bits per heavy atom. The average molecular weight is 208 g/mol. The Bertz CT molecular complexity index is 334. The molecule has 0 radical (unpaired) electrons. The van der Waals surface area contributed by atoms with Crippen molar-refractivity contribution in [3.05, 3.63) is 24.3 Å². The van der Waals surface area contributed by atoms with Crippen LogP contribution in [-0.4, -0.2) is 23.7 Å². The Morgan fingerprint density at radius 1 is 1.27 bits per heavy atom. The lowest BCUT2D eigenvalue weighted by Gasteiger charge is -2.17. The minimum absolute atomic E-state index is 0.0173. The van der Waals surface area contributed by atoms with E-state index in [0.29, 0.717) is 6.54 Å². The summed E-state index contributed by atoms with van der Waals surface area (Å²) in [5, 5.41) is 13.8. The van der Waals surface area contributed by atoms with Crippen LogP contribution < -0.4 is 10.6 Å². The lowest BCUT2D eigenvalue weighted by molar-refractivity contribution is -0.114. The SMILES string of the molecule is CC(C)O.O=C1CNc2ccccc2N1. The summed E-state index contributed by atoms with van der Waals surface area (Å²) < 4.78 is 0. The molecule has 0 aromatic heterocycles. The molecule has 0 saturated carbocycles. The number of hydrogen-bond acceptors (Lipinski definition) is 3. The fourth-order valence-electron chi connectivity index (χ4n) is 1.12. The molecule has 1 aliphatic heterocycles. The van der Waals surface area contributed by atoms with Crippen LogP contribution in [0.25, 0.3) is 0 Å². The van der Waals surface area contributed by atoms with E-state index in [-0.39, 0.29) is 12.0 Å². The summed E-state index contributed by atoms with van der Waals surface area (Å²) in [6.45, 7) is 3.82. The Morgan fingerprint density at radius 2 is 1.80 bits per heavy atom. The number of hydrogen-bond donors (Lipinski definition) is 3. The molecule has 1 aromatic rings. The predicted octanol–water partition coefficient (Wildman–Crippen LogP) is 1.44. The lowest BCUT2D eigenvalue weighted by Crippen LogP contribution is -2.27. The minimum atomic E-state index is -0.167. The van der Waals surface area contributed by atoms with Gasteiger partial charge in [0.2, 0.25) is 5.91 Å². The highest BCUT2D eigenvalue weighted by molar-refractivity contribution is 6.00. The molecule has 4 nitrogen and oxygen atoms in total. The van der Waals surface area contributed by atoms with E-state index < -0.39 is 0 Å². The fourth-order valence-corrected chi connectivity index (χ4v) is 1.12. The molecule has 1 heterocycles. The van der Waals surface area contributed by atoms with Crippen molar-refractivity contribution in [3.63, 3.8) is 0 Å². The minimum Gasteiger partial charge on any atom is -0.394 e. The fraction of sp³-hybridized carbons (Fsp3) is 0.364. The lowest BCUT2D eigenvalue weighted by atomic mass is 10.2. The molecule has 2 rings (SSSR count). The van der Waals surface area contributed by atoms with Crippen molar-refractivity contribution in [3.8, 4) is 0 Å². The average Bonchev–Trinajstić information content (AvgIpc) is 2.16. The van der Waals surface area contributed by atoms with Crippen molar-refractivity contribution >= 4 is 17.3 Å². The number of amides is 1. The van der Waals surface area contributed by atoms with E-state index in [1.165, 1.54) is 0 Å². The molecule has 1 aromatic carbocycles. The van der Waals surface area contributed by atoms with Gasteiger partial charge in [0.05, 0.1) is 17.9 Å². The van der Waals surface area contributed by atoms with Crippen LogP contribution in [0.3, 0.4) is 0 Å². The molecule has 0 unspecified atom stereocenters. The van der Waals surface area contributed by atoms with Crippen molar-refractivity contribution in [2.75, 3.05) is 17.2 Å². The number of rotatable bonds is 0. The number of carbonyl (C=O) groups excluding carboxylic acids is 1. The molecule has 0 aliphatic carbocycles. The molecule has 0 fully saturated rings. The molecule has 0 atom stereocenters. The van der Waals surface area contributed by atoms with Gasteiger partial charge in [0.1, 0.15) is 0 Å². The predicted molar refractivity (Wildman–Crippen MR) is 60.9 cm³/mol. The second-order valence-electron chi connectivity index (χ2n) is 3.54. The molecule has 0 spiro atoms. The molecule has 1 aliphatic rings. The van der Waals surface area contributed by atoms with Gasteiger partial charge in [0.15, 0.2) is 0 Å². The number of para-hydroxylation sites is 2. The number of fused-ring (bicyclic) bond motifs is 1. The number of anilines is 2. The summed E-state index contributed by atoms with van der Waals surface area (Å²) in [5.41, 5.74) is 1.86. The van der Waals surface area contributed by atoms with Gasteiger partial charge in [-0.25, -0.2) is 0 Å². The highest BCUT2D eigenvalue weighted by Crippen LogP contribution is 2.22. The second-order valence-corrected chi connectivity index (χ2v) is 3.54. The number of nitrogens with one attached hydrogen (secondary N) is 2. The zero-order valence-corrected chi connectivity index (χ0v) is 8.95. The smallest absolute Gasteiger partial charge is 0.243 e. The highest BCUT2D eigenvalue weighted by atomic mass is 16.3. The van der Waals surface area contributed by atoms with Crippen molar-refractivity contribution in [1.29, 1.82) is 0 Å². The maximum absolute atomic E-state index is 10.9. The largest absolute Gasteiger partial charge is 0.394 e.